The van der Waals surface area contributed by atoms with Crippen LogP contribution in [0, 0.1) is 17.0 Å². The van der Waals surface area contributed by atoms with E-state index in [0.717, 1.165) is 11.1 Å². The van der Waals surface area contributed by atoms with E-state index in [4.69, 9.17) is 18.9 Å². The monoisotopic (exact) mass is 520 g/mol. The number of aryl methyl sites for hydroxylation is 1. The van der Waals surface area contributed by atoms with Gasteiger partial charge in [-0.2, -0.15) is 0 Å². The van der Waals surface area contributed by atoms with Crippen LogP contribution in [0.15, 0.2) is 54.6 Å². The fourth-order valence-corrected chi connectivity index (χ4v) is 4.54. The molecule has 0 bridgehead atoms. The molecule has 3 aromatic carbocycles. The summed E-state index contributed by atoms with van der Waals surface area (Å²) in [7, 11) is 4.41. The van der Waals surface area contributed by atoms with Crippen LogP contribution in [0.1, 0.15) is 43.4 Å². The molecule has 0 unspecified atom stereocenters. The fourth-order valence-electron chi connectivity index (χ4n) is 4.54. The Balaban J connectivity index is 1.69. The average molecular weight is 521 g/mol. The summed E-state index contributed by atoms with van der Waals surface area (Å²) in [5.41, 5.74) is 2.78. The molecule has 0 aromatic heterocycles. The van der Waals surface area contributed by atoms with Gasteiger partial charge in [0.15, 0.2) is 11.5 Å². The van der Waals surface area contributed by atoms with Crippen LogP contribution in [-0.4, -0.2) is 56.2 Å². The molecule has 1 heterocycles. The Kier molecular flexibility index (Phi) is 7.80. The first-order chi connectivity index (χ1) is 18.3. The number of nitrogens with zero attached hydrogens (tertiary/aromatic N) is 2. The maximum absolute atomic E-state index is 13.7. The van der Waals surface area contributed by atoms with Crippen molar-refractivity contribution in [3.05, 3.63) is 92.5 Å². The van der Waals surface area contributed by atoms with Crippen molar-refractivity contribution in [3.8, 4) is 17.2 Å². The van der Waals surface area contributed by atoms with Crippen LogP contribution in [0.4, 0.5) is 5.69 Å². The number of amides is 1. The van der Waals surface area contributed by atoms with Gasteiger partial charge in [-0.25, -0.2) is 4.79 Å². The minimum atomic E-state index is -0.522. The number of carbonyl (C=O) groups is 2. The molecular formula is C28H28N2O8. The molecular weight excluding hydrogens is 492 g/mol. The van der Waals surface area contributed by atoms with E-state index in [1.54, 1.807) is 55.3 Å². The summed E-state index contributed by atoms with van der Waals surface area (Å²) in [6.45, 7) is 2.10. The number of fused-ring (bicyclic) bond motifs is 1. The zero-order valence-corrected chi connectivity index (χ0v) is 21.6. The van der Waals surface area contributed by atoms with Gasteiger partial charge >= 0.3 is 5.97 Å². The molecule has 0 radical (unpaired) electrons. The normalized spacial score (nSPS) is 14.3. The lowest BCUT2D eigenvalue weighted by atomic mass is 9.91. The van der Waals surface area contributed by atoms with E-state index in [0.29, 0.717) is 41.3 Å². The average Bonchev–Trinajstić information content (AvgIpc) is 2.94. The highest BCUT2D eigenvalue weighted by molar-refractivity contribution is 5.95. The van der Waals surface area contributed by atoms with Crippen molar-refractivity contribution in [1.29, 1.82) is 0 Å². The van der Waals surface area contributed by atoms with Crippen LogP contribution < -0.4 is 14.2 Å². The van der Waals surface area contributed by atoms with Gasteiger partial charge in [-0.3, -0.25) is 14.9 Å². The molecule has 4 rings (SSSR count). The van der Waals surface area contributed by atoms with Gasteiger partial charge < -0.3 is 23.8 Å². The number of hydrogen-bond donors (Lipinski definition) is 0. The second-order valence-corrected chi connectivity index (χ2v) is 8.76. The van der Waals surface area contributed by atoms with E-state index in [1.807, 2.05) is 12.1 Å². The van der Waals surface area contributed by atoms with Gasteiger partial charge in [-0.05, 0) is 66.9 Å². The summed E-state index contributed by atoms with van der Waals surface area (Å²) in [5.74, 6) is 0.798. The largest absolute Gasteiger partial charge is 0.493 e. The first kappa shape index (κ1) is 26.5. The second kappa shape index (κ2) is 11.2. The Bertz CT molecular complexity index is 1370. The predicted octanol–water partition coefficient (Wildman–Crippen LogP) is 4.53. The standard InChI is InChI=1S/C28H28N2O8/c1-17-5-6-20(13-23(17)30(33)34)27(31)29-12-11-19-14-25(35-2)26(36-3)15-22(19)24(29)16-38-21-9-7-18(8-10-21)28(32)37-4/h5-10,13-15,24H,11-12,16H2,1-4H3/t24-/m1/s1. The summed E-state index contributed by atoms with van der Waals surface area (Å²) in [4.78, 5) is 38.1. The van der Waals surface area contributed by atoms with E-state index in [2.05, 4.69) is 0 Å². The Morgan fingerprint density at radius 2 is 1.63 bits per heavy atom. The number of ether oxygens (including phenoxy) is 4. The maximum atomic E-state index is 13.7. The van der Waals surface area contributed by atoms with Gasteiger partial charge in [-0.15, -0.1) is 0 Å². The summed E-state index contributed by atoms with van der Waals surface area (Å²) in [5, 5.41) is 11.5. The van der Waals surface area contributed by atoms with Crippen LogP contribution in [0.5, 0.6) is 17.2 Å². The van der Waals surface area contributed by atoms with Crippen molar-refractivity contribution in [2.24, 2.45) is 0 Å². The van der Waals surface area contributed by atoms with Crippen molar-refractivity contribution >= 4 is 17.6 Å². The molecule has 0 N–H and O–H groups in total. The molecule has 1 amide bonds. The molecule has 10 heteroatoms. The Hall–Kier alpha value is -4.60. The van der Waals surface area contributed by atoms with E-state index in [1.165, 1.54) is 20.3 Å². The van der Waals surface area contributed by atoms with Gasteiger partial charge in [0, 0.05) is 23.7 Å². The number of carbonyl (C=O) groups excluding carboxylic acids is 2. The van der Waals surface area contributed by atoms with Gasteiger partial charge in [0.25, 0.3) is 11.6 Å². The number of methoxy groups -OCH3 is 3. The number of nitro groups is 1. The number of benzene rings is 3. The summed E-state index contributed by atoms with van der Waals surface area (Å²) < 4.78 is 21.8. The van der Waals surface area contributed by atoms with Gasteiger partial charge in [0.1, 0.15) is 12.4 Å². The highest BCUT2D eigenvalue weighted by atomic mass is 16.6. The van der Waals surface area contributed by atoms with Gasteiger partial charge in [-0.1, -0.05) is 6.07 Å². The summed E-state index contributed by atoms with van der Waals surface area (Å²) >= 11 is 0. The van der Waals surface area contributed by atoms with Crippen molar-refractivity contribution < 1.29 is 33.5 Å². The Labute approximate surface area is 219 Å². The number of nitro benzene ring substituents is 1. The summed E-state index contributed by atoms with van der Waals surface area (Å²) in [6.07, 6.45) is 0.555. The van der Waals surface area contributed by atoms with Crippen molar-refractivity contribution in [1.82, 2.24) is 4.90 Å². The molecule has 0 fully saturated rings. The Morgan fingerprint density at radius 1 is 0.974 bits per heavy atom. The van der Waals surface area contributed by atoms with Crippen LogP contribution in [0.3, 0.4) is 0 Å². The van der Waals surface area contributed by atoms with E-state index < -0.39 is 16.9 Å². The van der Waals surface area contributed by atoms with Crippen LogP contribution in [0.25, 0.3) is 0 Å². The smallest absolute Gasteiger partial charge is 0.337 e. The topological polar surface area (TPSA) is 117 Å². The highest BCUT2D eigenvalue weighted by Gasteiger charge is 2.34. The number of rotatable bonds is 8. The highest BCUT2D eigenvalue weighted by Crippen LogP contribution is 2.39. The molecule has 1 atom stereocenters. The fraction of sp³-hybridized carbons (Fsp3) is 0.286. The predicted molar refractivity (Wildman–Crippen MR) is 138 cm³/mol. The molecule has 0 spiro atoms. The minimum Gasteiger partial charge on any atom is -0.493 e. The third kappa shape index (κ3) is 5.24. The lowest BCUT2D eigenvalue weighted by Crippen LogP contribution is -2.42. The molecule has 3 aromatic rings. The van der Waals surface area contributed by atoms with E-state index in [-0.39, 0.29) is 23.8 Å². The molecule has 0 saturated carbocycles. The molecule has 0 aliphatic carbocycles. The van der Waals surface area contributed by atoms with Crippen LogP contribution >= 0.6 is 0 Å². The van der Waals surface area contributed by atoms with Crippen molar-refractivity contribution in [3.63, 3.8) is 0 Å². The van der Waals surface area contributed by atoms with Crippen LogP contribution in [0.2, 0.25) is 0 Å². The molecule has 38 heavy (non-hydrogen) atoms. The van der Waals surface area contributed by atoms with Gasteiger partial charge in [0.05, 0.1) is 37.9 Å². The summed E-state index contributed by atoms with van der Waals surface area (Å²) in [6, 6.07) is 14.2. The first-order valence-corrected chi connectivity index (χ1v) is 11.9. The molecule has 0 saturated heterocycles. The van der Waals surface area contributed by atoms with E-state index >= 15 is 0 Å². The van der Waals surface area contributed by atoms with Crippen LogP contribution in [-0.2, 0) is 11.2 Å². The first-order valence-electron chi connectivity index (χ1n) is 11.9. The SMILES string of the molecule is COC(=O)c1ccc(OC[C@@H]2c3cc(OC)c(OC)cc3CCN2C(=O)c2ccc(C)c([N+](=O)[O-])c2)cc1. The maximum Gasteiger partial charge on any atom is 0.337 e. The third-order valence-electron chi connectivity index (χ3n) is 6.60. The van der Waals surface area contributed by atoms with Gasteiger partial charge in [0.2, 0.25) is 0 Å². The zero-order valence-electron chi connectivity index (χ0n) is 21.6. The lowest BCUT2D eigenvalue weighted by Gasteiger charge is -2.37. The number of hydrogen-bond acceptors (Lipinski definition) is 8. The molecule has 1 aliphatic rings. The van der Waals surface area contributed by atoms with Crippen molar-refractivity contribution in [2.75, 3.05) is 34.5 Å². The number of esters is 1. The Morgan fingerprint density at radius 3 is 2.26 bits per heavy atom. The van der Waals surface area contributed by atoms with E-state index in [9.17, 15) is 19.7 Å². The molecule has 1 aliphatic heterocycles. The molecule has 198 valence electrons. The molecule has 10 nitrogen and oxygen atoms in total. The minimum absolute atomic E-state index is 0.0970. The third-order valence-corrected chi connectivity index (χ3v) is 6.60. The quantitative estimate of drug-likeness (QED) is 0.242. The van der Waals surface area contributed by atoms with Crippen molar-refractivity contribution in [2.45, 2.75) is 19.4 Å². The zero-order chi connectivity index (χ0) is 27.4. The second-order valence-electron chi connectivity index (χ2n) is 8.76. The lowest BCUT2D eigenvalue weighted by molar-refractivity contribution is -0.385.